The zero-order valence-electron chi connectivity index (χ0n) is 27.3. The highest BCUT2D eigenvalue weighted by molar-refractivity contribution is 6.10. The van der Waals surface area contributed by atoms with Crippen LogP contribution < -0.4 is 14.4 Å². The first kappa shape index (κ1) is 34.5. The number of aromatic nitrogens is 4. The zero-order valence-corrected chi connectivity index (χ0v) is 27.3. The lowest BCUT2D eigenvalue weighted by Gasteiger charge is -2.28. The van der Waals surface area contributed by atoms with Crippen LogP contribution in [0.15, 0.2) is 30.5 Å². The van der Waals surface area contributed by atoms with Crippen molar-refractivity contribution in [2.45, 2.75) is 85.0 Å². The van der Waals surface area contributed by atoms with E-state index >= 15 is 0 Å². The summed E-state index contributed by atoms with van der Waals surface area (Å²) in [6.07, 6.45) is 0.671. The van der Waals surface area contributed by atoms with Gasteiger partial charge in [-0.2, -0.15) is 9.88 Å². The Labute approximate surface area is 259 Å². The minimum atomic E-state index is -1.17. The molecule has 1 aromatic carbocycles. The van der Waals surface area contributed by atoms with E-state index in [2.05, 4.69) is 20.0 Å². The number of hydrogen-bond donors (Lipinski definition) is 1. The topological polar surface area (TPSA) is 141 Å². The van der Waals surface area contributed by atoms with Crippen molar-refractivity contribution in [1.82, 2.24) is 24.5 Å². The van der Waals surface area contributed by atoms with Gasteiger partial charge in [0.15, 0.2) is 11.5 Å². The highest BCUT2D eigenvalue weighted by Gasteiger charge is 2.37. The molecule has 2 aromatic heterocycles. The average Bonchev–Trinajstić information content (AvgIpc) is 3.33. The third kappa shape index (κ3) is 9.78. The second kappa shape index (κ2) is 14.7. The molecule has 0 spiro atoms. The Morgan fingerprint density at radius 3 is 2.07 bits per heavy atom. The van der Waals surface area contributed by atoms with Crippen LogP contribution in [0.5, 0.6) is 11.8 Å². The van der Waals surface area contributed by atoms with E-state index in [-0.39, 0.29) is 23.2 Å². The highest BCUT2D eigenvalue weighted by atomic mass is 16.6. The van der Waals surface area contributed by atoms with Gasteiger partial charge in [-0.3, -0.25) is 0 Å². The molecule has 1 atom stereocenters. The second-order valence-corrected chi connectivity index (χ2v) is 12.6. The summed E-state index contributed by atoms with van der Waals surface area (Å²) in [6.45, 7) is 13.9. The van der Waals surface area contributed by atoms with Crippen molar-refractivity contribution >= 4 is 23.7 Å². The lowest BCUT2D eigenvalue weighted by molar-refractivity contribution is 0.0429. The largest absolute Gasteiger partial charge is 0.494 e. The van der Waals surface area contributed by atoms with Crippen LogP contribution in [-0.2, 0) is 9.47 Å². The average molecular weight is 615 g/mol. The number of imide groups is 1. The summed E-state index contributed by atoms with van der Waals surface area (Å²) >= 11 is 0. The monoisotopic (exact) mass is 614 g/mol. The molecule has 0 bridgehead atoms. The summed E-state index contributed by atoms with van der Waals surface area (Å²) in [7, 11) is 4.02. The molecule has 1 unspecified atom stereocenters. The number of ether oxygens (including phenoxy) is 4. The fraction of sp³-hybridized carbons (Fsp3) is 0.581. The van der Waals surface area contributed by atoms with Gasteiger partial charge in [-0.05, 0) is 86.2 Å². The van der Waals surface area contributed by atoms with Gasteiger partial charge in [-0.1, -0.05) is 25.5 Å². The summed E-state index contributed by atoms with van der Waals surface area (Å²) in [5.74, 6) is 0.467. The van der Waals surface area contributed by atoms with Gasteiger partial charge >= 0.3 is 18.2 Å². The molecule has 3 rings (SSSR count). The SMILES string of the molecule is CCCCOc1nc(N(C(=O)OC(C)(C)C)C(=O)OC(C)(C)C)c2ncc(C(O)c3ccc(OCCCN(C)C)cc3)n2n1. The first-order chi connectivity index (χ1) is 20.6. The van der Waals surface area contributed by atoms with E-state index in [1.807, 2.05) is 21.0 Å². The molecular weight excluding hydrogens is 568 g/mol. The Morgan fingerprint density at radius 2 is 1.52 bits per heavy atom. The van der Waals surface area contributed by atoms with E-state index < -0.39 is 29.5 Å². The molecule has 13 nitrogen and oxygen atoms in total. The van der Waals surface area contributed by atoms with E-state index in [4.69, 9.17) is 18.9 Å². The number of unbranched alkanes of at least 4 members (excludes halogenated alkanes) is 1. The maximum Gasteiger partial charge on any atom is 0.425 e. The summed E-state index contributed by atoms with van der Waals surface area (Å²) < 4.78 is 24.0. The number of rotatable bonds is 12. The van der Waals surface area contributed by atoms with Gasteiger partial charge in [0.2, 0.25) is 0 Å². The van der Waals surface area contributed by atoms with E-state index in [1.165, 1.54) is 10.7 Å². The van der Waals surface area contributed by atoms with Crippen molar-refractivity contribution in [2.24, 2.45) is 0 Å². The molecule has 1 N–H and O–H groups in total. The molecule has 242 valence electrons. The minimum absolute atomic E-state index is 0.0134. The molecule has 2 amide bonds. The van der Waals surface area contributed by atoms with Crippen LogP contribution in [0.2, 0.25) is 0 Å². The number of carbonyl (C=O) groups is 2. The number of fused-ring (bicyclic) bond motifs is 1. The quantitative estimate of drug-likeness (QED) is 0.262. The molecule has 0 saturated heterocycles. The van der Waals surface area contributed by atoms with Crippen molar-refractivity contribution in [3.8, 4) is 11.8 Å². The van der Waals surface area contributed by atoms with Crippen molar-refractivity contribution in [3.05, 3.63) is 41.7 Å². The van der Waals surface area contributed by atoms with Crippen LogP contribution in [0.3, 0.4) is 0 Å². The number of hydrogen-bond acceptors (Lipinski definition) is 11. The number of nitrogens with zero attached hydrogens (tertiary/aromatic N) is 6. The van der Waals surface area contributed by atoms with Crippen LogP contribution in [0.25, 0.3) is 5.65 Å². The second-order valence-electron chi connectivity index (χ2n) is 12.6. The first-order valence-corrected chi connectivity index (χ1v) is 14.8. The fourth-order valence-corrected chi connectivity index (χ4v) is 3.92. The standard InChI is InChI=1S/C31H46N6O7/c1-10-11-18-42-27-33-26(36(28(39)43-30(2,3)4)29(40)44-31(5,6)7)25-32-20-23(37(25)34-27)24(38)21-13-15-22(16-14-21)41-19-12-17-35(8)9/h13-16,20,24,38H,10-12,17-19H2,1-9H3. The number of imidazole rings is 1. The zero-order chi connectivity index (χ0) is 32.7. The van der Waals surface area contributed by atoms with Gasteiger partial charge in [0, 0.05) is 6.54 Å². The Hall–Kier alpha value is -3.97. The maximum atomic E-state index is 13.4. The molecule has 2 heterocycles. The van der Waals surface area contributed by atoms with Crippen LogP contribution in [0.4, 0.5) is 15.4 Å². The first-order valence-electron chi connectivity index (χ1n) is 14.8. The number of benzene rings is 1. The highest BCUT2D eigenvalue weighted by Crippen LogP contribution is 2.30. The molecule has 44 heavy (non-hydrogen) atoms. The number of anilines is 1. The predicted octanol–water partition coefficient (Wildman–Crippen LogP) is 5.39. The van der Waals surface area contributed by atoms with E-state index in [9.17, 15) is 14.7 Å². The van der Waals surface area contributed by atoms with Gasteiger partial charge in [0.05, 0.1) is 25.1 Å². The summed E-state index contributed by atoms with van der Waals surface area (Å²) in [5.41, 5.74) is -1.03. The molecular formula is C31H46N6O7. The van der Waals surface area contributed by atoms with E-state index in [0.717, 1.165) is 25.8 Å². The van der Waals surface area contributed by atoms with Crippen LogP contribution in [-0.4, -0.2) is 86.8 Å². The molecule has 0 aliphatic heterocycles. The Bertz CT molecular complexity index is 1370. The summed E-state index contributed by atoms with van der Waals surface area (Å²) in [6, 6.07) is 6.94. The molecule has 13 heteroatoms. The third-order valence-electron chi connectivity index (χ3n) is 5.94. The van der Waals surface area contributed by atoms with Gasteiger partial charge in [0.25, 0.3) is 0 Å². The number of aliphatic hydroxyl groups is 1. The van der Waals surface area contributed by atoms with Gasteiger partial charge in [-0.15, -0.1) is 5.10 Å². The molecule has 0 saturated carbocycles. The lowest BCUT2D eigenvalue weighted by Crippen LogP contribution is -2.44. The van der Waals surface area contributed by atoms with E-state index in [1.54, 1.807) is 65.8 Å². The Balaban J connectivity index is 2.05. The van der Waals surface area contributed by atoms with Crippen LogP contribution >= 0.6 is 0 Å². The minimum Gasteiger partial charge on any atom is -0.494 e. The predicted molar refractivity (Wildman–Crippen MR) is 165 cm³/mol. The van der Waals surface area contributed by atoms with Crippen LogP contribution in [0, 0.1) is 0 Å². The number of carbonyl (C=O) groups excluding carboxylic acids is 2. The van der Waals surface area contributed by atoms with Gasteiger partial charge < -0.3 is 29.0 Å². The van der Waals surface area contributed by atoms with Crippen molar-refractivity contribution in [1.29, 1.82) is 0 Å². The number of amides is 2. The van der Waals surface area contributed by atoms with Crippen molar-refractivity contribution in [3.63, 3.8) is 0 Å². The van der Waals surface area contributed by atoms with Crippen LogP contribution in [0.1, 0.15) is 85.1 Å². The molecule has 3 aromatic rings. The Morgan fingerprint density at radius 1 is 0.932 bits per heavy atom. The third-order valence-corrected chi connectivity index (χ3v) is 5.94. The van der Waals surface area contributed by atoms with E-state index in [0.29, 0.717) is 29.4 Å². The molecule has 0 radical (unpaired) electrons. The summed E-state index contributed by atoms with van der Waals surface area (Å²) in [4.78, 5) is 38.4. The number of aliphatic hydroxyl groups excluding tert-OH is 1. The van der Waals surface area contributed by atoms with Crippen molar-refractivity contribution < 1.29 is 33.6 Å². The van der Waals surface area contributed by atoms with Crippen molar-refractivity contribution in [2.75, 3.05) is 38.8 Å². The van der Waals surface area contributed by atoms with Gasteiger partial charge in [0.1, 0.15) is 23.1 Å². The summed E-state index contributed by atoms with van der Waals surface area (Å²) in [5, 5.41) is 15.8. The smallest absolute Gasteiger partial charge is 0.425 e. The maximum absolute atomic E-state index is 13.4. The molecule has 0 fully saturated rings. The molecule has 0 aliphatic carbocycles. The van der Waals surface area contributed by atoms with Gasteiger partial charge in [-0.25, -0.2) is 19.1 Å². The lowest BCUT2D eigenvalue weighted by atomic mass is 10.1. The normalized spacial score (nSPS) is 12.7. The Kier molecular flexibility index (Phi) is 11.5. The fourth-order valence-electron chi connectivity index (χ4n) is 3.92. The molecule has 0 aliphatic rings.